The molecular formula is C24H29FN4. The number of benzene rings is 2. The van der Waals surface area contributed by atoms with Crippen molar-refractivity contribution in [3.8, 4) is 11.1 Å². The van der Waals surface area contributed by atoms with Crippen LogP contribution in [0.2, 0.25) is 0 Å². The Hall–Kier alpha value is -3.08. The van der Waals surface area contributed by atoms with Gasteiger partial charge in [-0.15, -0.1) is 0 Å². The van der Waals surface area contributed by atoms with Crippen LogP contribution >= 0.6 is 0 Å². The molecule has 0 bridgehead atoms. The Morgan fingerprint density at radius 2 is 1.79 bits per heavy atom. The van der Waals surface area contributed by atoms with Crippen molar-refractivity contribution < 1.29 is 4.39 Å². The summed E-state index contributed by atoms with van der Waals surface area (Å²) in [6, 6.07) is 16.7. The molecule has 1 heterocycles. The predicted molar refractivity (Wildman–Crippen MR) is 120 cm³/mol. The highest BCUT2D eigenvalue weighted by atomic mass is 19.1. The van der Waals surface area contributed by atoms with E-state index < -0.39 is 0 Å². The topological polar surface area (TPSA) is 63.0 Å². The molecule has 3 aromatic rings. The van der Waals surface area contributed by atoms with Crippen molar-refractivity contribution in [3.05, 3.63) is 72.2 Å². The molecule has 2 aromatic carbocycles. The predicted octanol–water partition coefficient (Wildman–Crippen LogP) is 5.93. The van der Waals surface area contributed by atoms with Crippen LogP contribution in [-0.2, 0) is 6.54 Å². The third-order valence-electron chi connectivity index (χ3n) is 4.92. The minimum atomic E-state index is -0.233. The molecule has 0 radical (unpaired) electrons. The summed E-state index contributed by atoms with van der Waals surface area (Å²) in [5, 5.41) is 6.78. The maximum atomic E-state index is 13.5. The van der Waals surface area contributed by atoms with E-state index in [1.807, 2.05) is 30.3 Å². The van der Waals surface area contributed by atoms with Gasteiger partial charge in [0.25, 0.3) is 0 Å². The first-order valence-corrected chi connectivity index (χ1v) is 10.1. The molecule has 0 saturated heterocycles. The van der Waals surface area contributed by atoms with Crippen LogP contribution in [0.15, 0.2) is 60.8 Å². The molecule has 0 fully saturated rings. The van der Waals surface area contributed by atoms with Gasteiger partial charge < -0.3 is 16.4 Å². The van der Waals surface area contributed by atoms with Crippen molar-refractivity contribution in [2.75, 3.05) is 22.9 Å². The molecule has 5 heteroatoms. The Bertz CT molecular complexity index is 942. The fraction of sp³-hybridized carbons (Fsp3) is 0.292. The van der Waals surface area contributed by atoms with Gasteiger partial charge in [-0.25, -0.2) is 9.37 Å². The monoisotopic (exact) mass is 392 g/mol. The SMILES string of the molecule is CCC[C@H](C)CNc1cc(NCc2cccc(-c3cccc(F)c3)c2)c(N)cn1. The number of anilines is 3. The first kappa shape index (κ1) is 20.6. The summed E-state index contributed by atoms with van der Waals surface area (Å²) in [6.07, 6.45) is 4.05. The number of nitrogens with one attached hydrogen (secondary N) is 2. The number of rotatable bonds is 9. The van der Waals surface area contributed by atoms with Crippen LogP contribution in [0.25, 0.3) is 11.1 Å². The Balaban J connectivity index is 1.66. The van der Waals surface area contributed by atoms with Crippen LogP contribution in [0, 0.1) is 11.7 Å². The lowest BCUT2D eigenvalue weighted by molar-refractivity contribution is 0.550. The third kappa shape index (κ3) is 5.95. The first-order chi connectivity index (χ1) is 14.0. The van der Waals surface area contributed by atoms with Crippen molar-refractivity contribution in [2.45, 2.75) is 33.2 Å². The van der Waals surface area contributed by atoms with E-state index in [9.17, 15) is 4.39 Å². The Morgan fingerprint density at radius 3 is 2.55 bits per heavy atom. The second-order valence-electron chi connectivity index (χ2n) is 7.50. The second kappa shape index (κ2) is 9.92. The molecule has 0 amide bonds. The van der Waals surface area contributed by atoms with Crippen LogP contribution in [-0.4, -0.2) is 11.5 Å². The second-order valence-corrected chi connectivity index (χ2v) is 7.50. The summed E-state index contributed by atoms with van der Waals surface area (Å²) >= 11 is 0. The zero-order valence-electron chi connectivity index (χ0n) is 17.1. The van der Waals surface area contributed by atoms with Gasteiger partial charge in [-0.3, -0.25) is 0 Å². The quantitative estimate of drug-likeness (QED) is 0.422. The van der Waals surface area contributed by atoms with E-state index in [0.29, 0.717) is 18.2 Å². The molecule has 0 aliphatic rings. The molecule has 152 valence electrons. The average molecular weight is 393 g/mol. The maximum absolute atomic E-state index is 13.5. The fourth-order valence-electron chi connectivity index (χ4n) is 3.32. The number of hydrogen-bond acceptors (Lipinski definition) is 4. The molecule has 0 aliphatic carbocycles. The third-order valence-corrected chi connectivity index (χ3v) is 4.92. The van der Waals surface area contributed by atoms with Gasteiger partial charge in [0.15, 0.2) is 0 Å². The summed E-state index contributed by atoms with van der Waals surface area (Å²) in [5.74, 6) is 1.18. The molecule has 0 unspecified atom stereocenters. The van der Waals surface area contributed by atoms with Crippen molar-refractivity contribution in [3.63, 3.8) is 0 Å². The number of hydrogen-bond donors (Lipinski definition) is 3. The number of nitrogen functional groups attached to an aromatic ring is 1. The molecular weight excluding hydrogens is 363 g/mol. The van der Waals surface area contributed by atoms with Gasteiger partial charge in [-0.1, -0.05) is 50.6 Å². The molecule has 3 rings (SSSR count). The van der Waals surface area contributed by atoms with Crippen LogP contribution in [0.4, 0.5) is 21.6 Å². The van der Waals surface area contributed by atoms with Crippen LogP contribution in [0.3, 0.4) is 0 Å². The van der Waals surface area contributed by atoms with E-state index in [0.717, 1.165) is 34.7 Å². The van der Waals surface area contributed by atoms with Crippen molar-refractivity contribution in [1.29, 1.82) is 0 Å². The average Bonchev–Trinajstić information content (AvgIpc) is 2.72. The zero-order chi connectivity index (χ0) is 20.6. The molecule has 4 nitrogen and oxygen atoms in total. The number of nitrogens with two attached hydrogens (primary N) is 1. The summed E-state index contributed by atoms with van der Waals surface area (Å²) in [6.45, 7) is 5.94. The number of pyridine rings is 1. The largest absolute Gasteiger partial charge is 0.396 e. The number of halogens is 1. The fourth-order valence-corrected chi connectivity index (χ4v) is 3.32. The summed E-state index contributed by atoms with van der Waals surface area (Å²) in [7, 11) is 0. The van der Waals surface area contributed by atoms with Gasteiger partial charge in [-0.05, 0) is 47.2 Å². The maximum Gasteiger partial charge on any atom is 0.128 e. The molecule has 4 N–H and O–H groups in total. The van der Waals surface area contributed by atoms with Crippen LogP contribution in [0.1, 0.15) is 32.3 Å². The highest BCUT2D eigenvalue weighted by molar-refractivity contribution is 5.69. The first-order valence-electron chi connectivity index (χ1n) is 10.1. The van der Waals surface area contributed by atoms with Crippen LogP contribution < -0.4 is 16.4 Å². The summed E-state index contributed by atoms with van der Waals surface area (Å²) < 4.78 is 13.5. The Labute approximate surface area is 172 Å². The molecule has 0 saturated carbocycles. The minimum Gasteiger partial charge on any atom is -0.396 e. The smallest absolute Gasteiger partial charge is 0.128 e. The van der Waals surface area contributed by atoms with E-state index in [1.54, 1.807) is 18.3 Å². The Morgan fingerprint density at radius 1 is 1.03 bits per heavy atom. The van der Waals surface area contributed by atoms with E-state index in [1.165, 1.54) is 18.9 Å². The number of aromatic nitrogens is 1. The zero-order valence-corrected chi connectivity index (χ0v) is 17.1. The van der Waals surface area contributed by atoms with Gasteiger partial charge >= 0.3 is 0 Å². The van der Waals surface area contributed by atoms with Gasteiger partial charge in [0.1, 0.15) is 11.6 Å². The lowest BCUT2D eigenvalue weighted by Crippen LogP contribution is -2.12. The highest BCUT2D eigenvalue weighted by Gasteiger charge is 2.06. The van der Waals surface area contributed by atoms with Crippen molar-refractivity contribution in [2.24, 2.45) is 5.92 Å². The molecule has 0 aliphatic heterocycles. The van der Waals surface area contributed by atoms with Gasteiger partial charge in [-0.2, -0.15) is 0 Å². The summed E-state index contributed by atoms with van der Waals surface area (Å²) in [4.78, 5) is 4.38. The molecule has 0 spiro atoms. The van der Waals surface area contributed by atoms with Gasteiger partial charge in [0.2, 0.25) is 0 Å². The highest BCUT2D eigenvalue weighted by Crippen LogP contribution is 2.24. The van der Waals surface area contributed by atoms with Gasteiger partial charge in [0, 0.05) is 19.2 Å². The van der Waals surface area contributed by atoms with Crippen molar-refractivity contribution >= 4 is 17.2 Å². The molecule has 29 heavy (non-hydrogen) atoms. The Kier molecular flexibility index (Phi) is 7.06. The molecule has 1 atom stereocenters. The summed E-state index contributed by atoms with van der Waals surface area (Å²) in [5.41, 5.74) is 10.5. The number of nitrogens with zero attached hydrogens (tertiary/aromatic N) is 1. The van der Waals surface area contributed by atoms with Gasteiger partial charge in [0.05, 0.1) is 17.6 Å². The van der Waals surface area contributed by atoms with Crippen molar-refractivity contribution in [1.82, 2.24) is 4.98 Å². The van der Waals surface area contributed by atoms with E-state index in [4.69, 9.17) is 5.73 Å². The van der Waals surface area contributed by atoms with E-state index in [-0.39, 0.29) is 5.82 Å². The standard InChI is InChI=1S/C24H29FN4/c1-3-6-17(2)14-28-24-13-23(22(26)16-29-24)27-15-18-7-4-8-19(11-18)20-9-5-10-21(25)12-20/h4-5,7-13,16-17H,3,6,14-15,26H2,1-2H3,(H2,27,28,29)/t17-/m0/s1. The lowest BCUT2D eigenvalue weighted by atomic mass is 10.0. The normalized spacial score (nSPS) is 11.8. The minimum absolute atomic E-state index is 0.233. The van der Waals surface area contributed by atoms with E-state index in [2.05, 4.69) is 35.5 Å². The lowest BCUT2D eigenvalue weighted by Gasteiger charge is -2.15. The molecule has 1 aromatic heterocycles. The van der Waals surface area contributed by atoms with Crippen LogP contribution in [0.5, 0.6) is 0 Å². The van der Waals surface area contributed by atoms with E-state index >= 15 is 0 Å².